The molecule has 1 saturated heterocycles. The second-order valence-corrected chi connectivity index (χ2v) is 9.32. The van der Waals surface area contributed by atoms with Gasteiger partial charge in [0, 0.05) is 15.1 Å². The highest BCUT2D eigenvalue weighted by atomic mass is 79.9. The van der Waals surface area contributed by atoms with Crippen LogP contribution in [0.3, 0.4) is 0 Å². The molecular formula is C23H17BrCl2N2O4. The molecule has 6 nitrogen and oxygen atoms in total. The number of Topliss-reactive ketones (excluding diaryl/α,β-unsaturated/α-hetero) is 1. The average molecular weight is 536 g/mol. The number of fused-ring (bicyclic) bond motifs is 1. The Balaban J connectivity index is 1.71. The lowest BCUT2D eigenvalue weighted by Crippen LogP contribution is -2.52. The predicted octanol–water partition coefficient (Wildman–Crippen LogP) is 4.95. The largest absolute Gasteiger partial charge is 0.292 e. The summed E-state index contributed by atoms with van der Waals surface area (Å²) in [5.74, 6) is -3.25. The Hall–Kier alpha value is -2.48. The third-order valence-corrected chi connectivity index (χ3v) is 6.66. The van der Waals surface area contributed by atoms with Crippen LogP contribution in [0.1, 0.15) is 33.6 Å². The summed E-state index contributed by atoms with van der Waals surface area (Å²) in [4.78, 5) is 52.7. The number of allylic oxidation sites excluding steroid dienone is 2. The fraction of sp³-hybridized carbons (Fsp3) is 0.217. The van der Waals surface area contributed by atoms with Crippen molar-refractivity contribution in [2.45, 2.75) is 12.8 Å². The molecule has 2 aromatic carbocycles. The maximum Gasteiger partial charge on any atom is 0.274 e. The molecule has 1 aliphatic carbocycles. The minimum atomic E-state index is -0.731. The van der Waals surface area contributed by atoms with Gasteiger partial charge in [0.25, 0.3) is 17.7 Å². The average Bonchev–Trinajstić information content (AvgIpc) is 3.02. The molecule has 164 valence electrons. The summed E-state index contributed by atoms with van der Waals surface area (Å²) >= 11 is 15.5. The third kappa shape index (κ3) is 4.25. The highest BCUT2D eigenvalue weighted by Crippen LogP contribution is 2.36. The minimum Gasteiger partial charge on any atom is -0.292 e. The molecule has 0 bridgehead atoms. The van der Waals surface area contributed by atoms with Gasteiger partial charge in [-0.3, -0.25) is 19.2 Å². The fourth-order valence-electron chi connectivity index (χ4n) is 3.92. The number of imide groups is 1. The molecular weight excluding hydrogens is 519 g/mol. The van der Waals surface area contributed by atoms with Crippen LogP contribution in [0.2, 0.25) is 10.0 Å². The Morgan fingerprint density at radius 2 is 1.56 bits per heavy atom. The zero-order valence-corrected chi connectivity index (χ0v) is 19.7. The van der Waals surface area contributed by atoms with Crippen molar-refractivity contribution in [2.75, 3.05) is 6.54 Å². The van der Waals surface area contributed by atoms with Crippen molar-refractivity contribution in [2.24, 2.45) is 11.8 Å². The minimum absolute atomic E-state index is 0.0354. The van der Waals surface area contributed by atoms with Gasteiger partial charge in [0.1, 0.15) is 6.54 Å². The normalized spacial score (nSPS) is 19.8. The van der Waals surface area contributed by atoms with Gasteiger partial charge in [-0.1, -0.05) is 63.4 Å². The van der Waals surface area contributed by atoms with Crippen molar-refractivity contribution >= 4 is 62.6 Å². The van der Waals surface area contributed by atoms with Crippen LogP contribution in [0.4, 0.5) is 0 Å². The number of hydrogen-bond acceptors (Lipinski definition) is 4. The van der Waals surface area contributed by atoms with E-state index in [1.54, 1.807) is 24.3 Å². The molecule has 32 heavy (non-hydrogen) atoms. The molecule has 0 unspecified atom stereocenters. The van der Waals surface area contributed by atoms with Gasteiger partial charge in [0.15, 0.2) is 5.78 Å². The number of hydrogen-bond donors (Lipinski definition) is 0. The molecule has 1 aliphatic heterocycles. The van der Waals surface area contributed by atoms with Crippen LogP contribution in [0, 0.1) is 11.8 Å². The smallest absolute Gasteiger partial charge is 0.274 e. The van der Waals surface area contributed by atoms with Crippen molar-refractivity contribution in [3.63, 3.8) is 0 Å². The summed E-state index contributed by atoms with van der Waals surface area (Å²) in [6.07, 6.45) is 4.53. The standard InChI is InChI=1S/C23H17BrCl2N2O4/c24-14-7-5-13(6-8-14)20(29)12-27(21(30)18-10-9-15(25)11-19(18)26)28-22(31)16-3-1-2-4-17(16)23(28)32/h1-2,5-11,16-17H,3-4,12H2/t16-,17+. The quantitative estimate of drug-likeness (QED) is 0.308. The maximum atomic E-state index is 13.5. The molecule has 2 atom stereocenters. The molecule has 1 fully saturated rings. The first-order valence-corrected chi connectivity index (χ1v) is 11.4. The predicted molar refractivity (Wildman–Crippen MR) is 123 cm³/mol. The van der Waals surface area contributed by atoms with Crippen molar-refractivity contribution in [1.82, 2.24) is 10.0 Å². The molecule has 9 heteroatoms. The number of carbonyl (C=O) groups excluding carboxylic acids is 4. The van der Waals surface area contributed by atoms with Crippen molar-refractivity contribution in [3.8, 4) is 0 Å². The molecule has 4 rings (SSSR count). The first kappa shape index (κ1) is 22.7. The van der Waals surface area contributed by atoms with E-state index in [0.717, 1.165) is 14.5 Å². The molecule has 0 spiro atoms. The Labute approximate surface area is 202 Å². The number of amides is 3. The van der Waals surface area contributed by atoms with Gasteiger partial charge in [-0.25, -0.2) is 5.01 Å². The van der Waals surface area contributed by atoms with Gasteiger partial charge in [-0.2, -0.15) is 5.01 Å². The summed E-state index contributed by atoms with van der Waals surface area (Å²) in [5.41, 5.74) is 0.375. The van der Waals surface area contributed by atoms with E-state index in [1.807, 2.05) is 12.2 Å². The van der Waals surface area contributed by atoms with Crippen LogP contribution in [0.25, 0.3) is 0 Å². The number of rotatable bonds is 5. The molecule has 2 aromatic rings. The highest BCUT2D eigenvalue weighted by Gasteiger charge is 2.51. The van der Waals surface area contributed by atoms with Crippen molar-refractivity contribution in [3.05, 3.63) is 80.3 Å². The second-order valence-electron chi connectivity index (χ2n) is 7.56. The van der Waals surface area contributed by atoms with E-state index in [0.29, 0.717) is 23.4 Å². The first-order valence-electron chi connectivity index (χ1n) is 9.86. The van der Waals surface area contributed by atoms with Gasteiger partial charge in [0.2, 0.25) is 0 Å². The van der Waals surface area contributed by atoms with Gasteiger partial charge in [0.05, 0.1) is 22.4 Å². The van der Waals surface area contributed by atoms with E-state index >= 15 is 0 Å². The van der Waals surface area contributed by atoms with E-state index < -0.39 is 41.9 Å². The van der Waals surface area contributed by atoms with Crippen LogP contribution in [-0.4, -0.2) is 40.1 Å². The van der Waals surface area contributed by atoms with Crippen LogP contribution in [0.5, 0.6) is 0 Å². The monoisotopic (exact) mass is 534 g/mol. The lowest BCUT2D eigenvalue weighted by atomic mass is 9.85. The lowest BCUT2D eigenvalue weighted by molar-refractivity contribution is -0.154. The Morgan fingerprint density at radius 1 is 0.969 bits per heavy atom. The summed E-state index contributed by atoms with van der Waals surface area (Å²) in [6.45, 7) is -0.496. The van der Waals surface area contributed by atoms with Crippen LogP contribution in [0.15, 0.2) is 59.1 Å². The zero-order valence-electron chi connectivity index (χ0n) is 16.6. The summed E-state index contributed by atoms with van der Waals surface area (Å²) in [7, 11) is 0. The number of carbonyl (C=O) groups is 4. The second kappa shape index (κ2) is 9.17. The number of ketones is 1. The molecule has 0 aromatic heterocycles. The Bertz CT molecular complexity index is 1120. The van der Waals surface area contributed by atoms with Crippen molar-refractivity contribution in [1.29, 1.82) is 0 Å². The zero-order chi connectivity index (χ0) is 23.0. The number of benzene rings is 2. The summed E-state index contributed by atoms with van der Waals surface area (Å²) in [5, 5.41) is 2.12. The highest BCUT2D eigenvalue weighted by molar-refractivity contribution is 9.10. The third-order valence-electron chi connectivity index (χ3n) is 5.58. The molecule has 1 heterocycles. The molecule has 0 saturated carbocycles. The molecule has 2 aliphatic rings. The summed E-state index contributed by atoms with van der Waals surface area (Å²) < 4.78 is 0.788. The van der Waals surface area contributed by atoms with Crippen LogP contribution in [-0.2, 0) is 9.59 Å². The fourth-order valence-corrected chi connectivity index (χ4v) is 4.67. The lowest BCUT2D eigenvalue weighted by Gasteiger charge is -2.30. The molecule has 0 N–H and O–H groups in total. The molecule has 3 amide bonds. The SMILES string of the molecule is O=C(CN(C(=O)c1ccc(Cl)cc1Cl)N1C(=O)[C@H]2CC=CC[C@H]2C1=O)c1ccc(Br)cc1. The van der Waals surface area contributed by atoms with Crippen molar-refractivity contribution < 1.29 is 19.2 Å². The van der Waals surface area contributed by atoms with E-state index in [2.05, 4.69) is 15.9 Å². The molecule has 0 radical (unpaired) electrons. The number of hydrazine groups is 1. The van der Waals surface area contributed by atoms with Crippen LogP contribution < -0.4 is 0 Å². The first-order chi connectivity index (χ1) is 15.3. The van der Waals surface area contributed by atoms with E-state index in [9.17, 15) is 19.2 Å². The number of nitrogens with zero attached hydrogens (tertiary/aromatic N) is 2. The Morgan fingerprint density at radius 3 is 2.12 bits per heavy atom. The van der Waals surface area contributed by atoms with Crippen LogP contribution >= 0.6 is 39.1 Å². The van der Waals surface area contributed by atoms with Gasteiger partial charge in [-0.15, -0.1) is 0 Å². The topological polar surface area (TPSA) is 74.8 Å². The number of halogens is 3. The van der Waals surface area contributed by atoms with E-state index in [-0.39, 0.29) is 10.6 Å². The van der Waals surface area contributed by atoms with Gasteiger partial charge < -0.3 is 0 Å². The van der Waals surface area contributed by atoms with Gasteiger partial charge >= 0.3 is 0 Å². The van der Waals surface area contributed by atoms with Gasteiger partial charge in [-0.05, 0) is 43.2 Å². The summed E-state index contributed by atoms with van der Waals surface area (Å²) in [6, 6.07) is 10.9. The van der Waals surface area contributed by atoms with E-state index in [1.165, 1.54) is 18.2 Å². The Kier molecular flexibility index (Phi) is 6.51. The maximum absolute atomic E-state index is 13.5. The van der Waals surface area contributed by atoms with E-state index in [4.69, 9.17) is 23.2 Å².